The minimum Gasteiger partial charge on any atom is -0.465 e. The highest BCUT2D eigenvalue weighted by atomic mass is 19.4. The molecule has 0 spiro atoms. The minimum atomic E-state index is -4.51. The van der Waals surface area contributed by atoms with Gasteiger partial charge in [-0.1, -0.05) is 30.3 Å². The number of benzene rings is 2. The van der Waals surface area contributed by atoms with Gasteiger partial charge in [0.25, 0.3) is 0 Å². The smallest absolute Gasteiger partial charge is 0.419 e. The maximum Gasteiger partial charge on any atom is 0.419 e. The Balaban J connectivity index is 1.84. The van der Waals surface area contributed by atoms with Crippen LogP contribution in [0.4, 0.5) is 13.2 Å². The summed E-state index contributed by atoms with van der Waals surface area (Å²) in [7, 11) is 2.35. The molecule has 0 N–H and O–H groups in total. The molecular formula is C23H17F3N4O4. The lowest BCUT2D eigenvalue weighted by atomic mass is 10.1. The summed E-state index contributed by atoms with van der Waals surface area (Å²) in [6.07, 6.45) is -2.91. The Morgan fingerprint density at radius 1 is 0.882 bits per heavy atom. The van der Waals surface area contributed by atoms with Gasteiger partial charge in [0.15, 0.2) is 5.69 Å². The van der Waals surface area contributed by atoms with Crippen LogP contribution in [-0.2, 0) is 15.7 Å². The van der Waals surface area contributed by atoms with Crippen LogP contribution in [0.1, 0.15) is 26.4 Å². The van der Waals surface area contributed by atoms with Gasteiger partial charge in [0.2, 0.25) is 0 Å². The van der Waals surface area contributed by atoms with E-state index in [2.05, 4.69) is 10.2 Å². The summed E-state index contributed by atoms with van der Waals surface area (Å²) in [6, 6.07) is 14.8. The number of esters is 2. The van der Waals surface area contributed by atoms with E-state index in [4.69, 9.17) is 9.47 Å². The summed E-state index contributed by atoms with van der Waals surface area (Å²) >= 11 is 0. The van der Waals surface area contributed by atoms with Crippen molar-refractivity contribution in [3.05, 3.63) is 83.8 Å². The number of aromatic nitrogens is 4. The molecule has 2 aromatic carbocycles. The Morgan fingerprint density at radius 2 is 1.53 bits per heavy atom. The highest BCUT2D eigenvalue weighted by Crippen LogP contribution is 2.31. The van der Waals surface area contributed by atoms with Crippen molar-refractivity contribution in [1.29, 1.82) is 0 Å². The maximum absolute atomic E-state index is 12.9. The molecule has 0 amide bonds. The van der Waals surface area contributed by atoms with Gasteiger partial charge >= 0.3 is 18.1 Å². The molecule has 0 radical (unpaired) electrons. The molecule has 0 saturated carbocycles. The lowest BCUT2D eigenvalue weighted by Gasteiger charge is -2.07. The topological polar surface area (TPSA) is 88.2 Å². The van der Waals surface area contributed by atoms with E-state index in [1.165, 1.54) is 31.0 Å². The van der Waals surface area contributed by atoms with Crippen LogP contribution < -0.4 is 0 Å². The van der Waals surface area contributed by atoms with Crippen molar-refractivity contribution in [1.82, 2.24) is 19.6 Å². The second-order valence-electron chi connectivity index (χ2n) is 7.02. The summed E-state index contributed by atoms with van der Waals surface area (Å²) in [6.45, 7) is 0. The summed E-state index contributed by atoms with van der Waals surface area (Å²) in [4.78, 5) is 25.3. The predicted molar refractivity (Wildman–Crippen MR) is 114 cm³/mol. The number of rotatable bonds is 5. The molecule has 0 bridgehead atoms. The zero-order chi connectivity index (χ0) is 24.5. The third-order valence-corrected chi connectivity index (χ3v) is 4.97. The molecular weight excluding hydrogens is 453 g/mol. The summed E-state index contributed by atoms with van der Waals surface area (Å²) < 4.78 is 50.8. The van der Waals surface area contributed by atoms with Gasteiger partial charge in [-0.25, -0.2) is 19.0 Å². The van der Waals surface area contributed by atoms with Crippen LogP contribution in [-0.4, -0.2) is 45.7 Å². The van der Waals surface area contributed by atoms with Crippen molar-refractivity contribution >= 4 is 11.9 Å². The Kier molecular flexibility index (Phi) is 5.93. The van der Waals surface area contributed by atoms with Crippen molar-refractivity contribution < 1.29 is 32.2 Å². The number of carbonyl (C=O) groups excluding carboxylic acids is 2. The van der Waals surface area contributed by atoms with Crippen LogP contribution in [0.3, 0.4) is 0 Å². The first kappa shape index (κ1) is 22.8. The normalized spacial score (nSPS) is 11.3. The Morgan fingerprint density at radius 3 is 2.09 bits per heavy atom. The lowest BCUT2D eigenvalue weighted by molar-refractivity contribution is -0.137. The van der Waals surface area contributed by atoms with Crippen molar-refractivity contribution in [3.63, 3.8) is 0 Å². The average molecular weight is 470 g/mol. The third kappa shape index (κ3) is 4.15. The molecule has 0 unspecified atom stereocenters. The molecule has 0 saturated heterocycles. The van der Waals surface area contributed by atoms with E-state index in [1.807, 2.05) is 0 Å². The van der Waals surface area contributed by atoms with Crippen LogP contribution in [0, 0.1) is 0 Å². The zero-order valence-corrected chi connectivity index (χ0v) is 17.9. The molecule has 0 fully saturated rings. The number of methoxy groups -OCH3 is 2. The van der Waals surface area contributed by atoms with E-state index in [1.54, 1.807) is 42.5 Å². The van der Waals surface area contributed by atoms with Gasteiger partial charge in [0, 0.05) is 11.8 Å². The standard InChI is InChI=1S/C23H17F3N4O4/c1-33-21(31)18-19(28-30(20(18)22(32)34-2)17-6-4-3-5-7-17)14-8-10-16(11-9-14)29-13-15(12-27-29)23(24,25)26/h3-13H,1-2H3. The van der Waals surface area contributed by atoms with E-state index in [0.29, 0.717) is 16.9 Å². The number of hydrogen-bond donors (Lipinski definition) is 0. The second-order valence-corrected chi connectivity index (χ2v) is 7.02. The largest absolute Gasteiger partial charge is 0.465 e. The highest BCUT2D eigenvalue weighted by molar-refractivity contribution is 6.06. The van der Waals surface area contributed by atoms with Crippen LogP contribution in [0.15, 0.2) is 67.0 Å². The SMILES string of the molecule is COC(=O)c1c(-c2ccc(-n3cc(C(F)(F)F)cn3)cc2)nn(-c2ccccc2)c1C(=O)OC. The second kappa shape index (κ2) is 8.85. The summed E-state index contributed by atoms with van der Waals surface area (Å²) in [5, 5.41) is 8.22. The Hall–Kier alpha value is -4.41. The quantitative estimate of drug-likeness (QED) is 0.404. The van der Waals surface area contributed by atoms with E-state index in [9.17, 15) is 22.8 Å². The van der Waals surface area contributed by atoms with Gasteiger partial charge in [0.05, 0.1) is 37.4 Å². The molecule has 34 heavy (non-hydrogen) atoms. The summed E-state index contributed by atoms with van der Waals surface area (Å²) in [5.41, 5.74) is 0.313. The van der Waals surface area contributed by atoms with Gasteiger partial charge in [-0.15, -0.1) is 0 Å². The fourth-order valence-electron chi connectivity index (χ4n) is 3.34. The summed E-state index contributed by atoms with van der Waals surface area (Å²) in [5.74, 6) is -1.60. The molecule has 4 aromatic rings. The molecule has 0 aliphatic heterocycles. The fraction of sp³-hybridized carbons (Fsp3) is 0.130. The maximum atomic E-state index is 12.9. The average Bonchev–Trinajstić information content (AvgIpc) is 3.50. The van der Waals surface area contributed by atoms with Crippen molar-refractivity contribution in [2.75, 3.05) is 14.2 Å². The first-order valence-electron chi connectivity index (χ1n) is 9.82. The fourth-order valence-corrected chi connectivity index (χ4v) is 3.34. The van der Waals surface area contributed by atoms with Crippen molar-refractivity contribution in [2.45, 2.75) is 6.18 Å². The Labute approximate surface area is 191 Å². The molecule has 174 valence electrons. The molecule has 0 aliphatic rings. The first-order valence-corrected chi connectivity index (χ1v) is 9.82. The van der Waals surface area contributed by atoms with Crippen molar-refractivity contribution in [2.24, 2.45) is 0 Å². The number of nitrogens with zero attached hydrogens (tertiary/aromatic N) is 4. The molecule has 11 heteroatoms. The highest BCUT2D eigenvalue weighted by Gasteiger charge is 2.33. The predicted octanol–water partition coefficient (Wildman–Crippen LogP) is 4.32. The molecule has 0 aliphatic carbocycles. The van der Waals surface area contributed by atoms with Crippen LogP contribution in [0.5, 0.6) is 0 Å². The molecule has 8 nitrogen and oxygen atoms in total. The molecule has 0 atom stereocenters. The van der Waals surface area contributed by atoms with E-state index >= 15 is 0 Å². The number of para-hydroxylation sites is 1. The zero-order valence-electron chi connectivity index (χ0n) is 17.9. The number of hydrogen-bond acceptors (Lipinski definition) is 6. The number of alkyl halides is 3. The van der Waals surface area contributed by atoms with Crippen LogP contribution in [0.25, 0.3) is 22.6 Å². The molecule has 4 rings (SSSR count). The third-order valence-electron chi connectivity index (χ3n) is 4.97. The minimum absolute atomic E-state index is 0.107. The van der Waals surface area contributed by atoms with Crippen LogP contribution >= 0.6 is 0 Å². The number of halogens is 3. The lowest BCUT2D eigenvalue weighted by Crippen LogP contribution is -2.15. The Bertz CT molecular complexity index is 1340. The van der Waals surface area contributed by atoms with Gasteiger partial charge in [0.1, 0.15) is 11.3 Å². The van der Waals surface area contributed by atoms with E-state index in [-0.39, 0.29) is 17.0 Å². The number of ether oxygens (including phenoxy) is 2. The van der Waals surface area contributed by atoms with Gasteiger partial charge in [-0.05, 0) is 24.3 Å². The molecule has 2 aromatic heterocycles. The number of carbonyl (C=O) groups is 2. The molecule has 2 heterocycles. The van der Waals surface area contributed by atoms with E-state index < -0.39 is 23.7 Å². The van der Waals surface area contributed by atoms with Gasteiger partial charge in [-0.3, -0.25) is 0 Å². The van der Waals surface area contributed by atoms with Crippen molar-refractivity contribution in [3.8, 4) is 22.6 Å². The van der Waals surface area contributed by atoms with Gasteiger partial charge in [-0.2, -0.15) is 23.4 Å². The van der Waals surface area contributed by atoms with Gasteiger partial charge < -0.3 is 9.47 Å². The van der Waals surface area contributed by atoms with Crippen LogP contribution in [0.2, 0.25) is 0 Å². The van der Waals surface area contributed by atoms with E-state index in [0.717, 1.165) is 17.1 Å². The first-order chi connectivity index (χ1) is 16.2. The monoisotopic (exact) mass is 470 g/mol.